The summed E-state index contributed by atoms with van der Waals surface area (Å²) in [5, 5.41) is 3.02. The van der Waals surface area contributed by atoms with Gasteiger partial charge in [-0.15, -0.1) is 0 Å². The highest BCUT2D eigenvalue weighted by Crippen LogP contribution is 2.51. The highest BCUT2D eigenvalue weighted by molar-refractivity contribution is 5.95. The second kappa shape index (κ2) is 3.59. The highest BCUT2D eigenvalue weighted by atomic mass is 16.1. The van der Waals surface area contributed by atoms with Crippen molar-refractivity contribution in [3.63, 3.8) is 0 Å². The van der Waals surface area contributed by atoms with Crippen LogP contribution in [0.5, 0.6) is 0 Å². The molecule has 2 heteroatoms. The molecule has 0 aromatic heterocycles. The van der Waals surface area contributed by atoms with Crippen LogP contribution in [0.15, 0.2) is 18.2 Å². The zero-order valence-corrected chi connectivity index (χ0v) is 11.5. The number of anilines is 1. The van der Waals surface area contributed by atoms with Gasteiger partial charge in [-0.2, -0.15) is 0 Å². The highest BCUT2D eigenvalue weighted by Gasteiger charge is 2.44. The van der Waals surface area contributed by atoms with Crippen LogP contribution in [0, 0.1) is 0 Å². The van der Waals surface area contributed by atoms with Crippen molar-refractivity contribution >= 4 is 11.6 Å². The molecule has 2 nitrogen and oxygen atoms in total. The first-order valence-electron chi connectivity index (χ1n) is 6.86. The second-order valence-corrected chi connectivity index (χ2v) is 6.87. The summed E-state index contributed by atoms with van der Waals surface area (Å²) in [7, 11) is 0. The van der Waals surface area contributed by atoms with Gasteiger partial charge in [0.25, 0.3) is 0 Å². The van der Waals surface area contributed by atoms with E-state index in [-0.39, 0.29) is 16.7 Å². The number of hydrogen-bond acceptors (Lipinski definition) is 1. The molecule has 1 aliphatic heterocycles. The van der Waals surface area contributed by atoms with E-state index < -0.39 is 0 Å². The summed E-state index contributed by atoms with van der Waals surface area (Å²) in [6.07, 6.45) is 4.27. The number of hydrogen-bond donors (Lipinski definition) is 1. The standard InChI is InChI=1S/C16H21NO/c1-15(2,3)11-5-6-13-12(9-11)16(7-4-8-16)10-14(18)17-13/h5-6,9H,4,7-8,10H2,1-3H3,(H,17,18). The molecule has 0 atom stereocenters. The van der Waals surface area contributed by atoms with E-state index in [2.05, 4.69) is 44.3 Å². The maximum atomic E-state index is 11.8. The molecule has 0 saturated heterocycles. The fourth-order valence-corrected chi connectivity index (χ4v) is 3.21. The minimum absolute atomic E-state index is 0.152. The van der Waals surface area contributed by atoms with Gasteiger partial charge in [0.15, 0.2) is 0 Å². The fraction of sp³-hybridized carbons (Fsp3) is 0.562. The summed E-state index contributed by atoms with van der Waals surface area (Å²) in [6, 6.07) is 6.57. The molecule has 0 unspecified atom stereocenters. The second-order valence-electron chi connectivity index (χ2n) is 6.87. The van der Waals surface area contributed by atoms with E-state index in [9.17, 15) is 4.79 Å². The monoisotopic (exact) mass is 243 g/mol. The average Bonchev–Trinajstić information content (AvgIpc) is 2.23. The molecule has 1 N–H and O–H groups in total. The van der Waals surface area contributed by atoms with Gasteiger partial charge in [-0.1, -0.05) is 39.3 Å². The van der Waals surface area contributed by atoms with Gasteiger partial charge in [0.05, 0.1) is 0 Å². The van der Waals surface area contributed by atoms with Gasteiger partial charge >= 0.3 is 0 Å². The normalized spacial score (nSPS) is 21.2. The van der Waals surface area contributed by atoms with Crippen LogP contribution in [-0.2, 0) is 15.6 Å². The van der Waals surface area contributed by atoms with Crippen molar-refractivity contribution in [1.82, 2.24) is 0 Å². The summed E-state index contributed by atoms with van der Waals surface area (Å²) in [4.78, 5) is 11.8. The van der Waals surface area contributed by atoms with Crippen LogP contribution >= 0.6 is 0 Å². The van der Waals surface area contributed by atoms with E-state index in [0.717, 1.165) is 5.69 Å². The molecule has 96 valence electrons. The molecule has 1 aliphatic carbocycles. The minimum atomic E-state index is 0.152. The van der Waals surface area contributed by atoms with Crippen molar-refractivity contribution in [2.45, 2.75) is 57.3 Å². The Balaban J connectivity index is 2.11. The molecule has 0 radical (unpaired) electrons. The van der Waals surface area contributed by atoms with Gasteiger partial charge in [0.1, 0.15) is 0 Å². The SMILES string of the molecule is CC(C)(C)c1ccc2c(c1)C1(CCC1)CC(=O)N2. The quantitative estimate of drug-likeness (QED) is 0.738. The minimum Gasteiger partial charge on any atom is -0.326 e. The summed E-state index contributed by atoms with van der Waals surface area (Å²) in [5.41, 5.74) is 4.10. The lowest BCUT2D eigenvalue weighted by atomic mass is 9.60. The van der Waals surface area contributed by atoms with Crippen LogP contribution in [0.25, 0.3) is 0 Å². The Hall–Kier alpha value is -1.31. The van der Waals surface area contributed by atoms with Crippen molar-refractivity contribution < 1.29 is 4.79 Å². The fourth-order valence-electron chi connectivity index (χ4n) is 3.21. The summed E-state index contributed by atoms with van der Waals surface area (Å²) < 4.78 is 0. The number of fused-ring (bicyclic) bond motifs is 2. The molecule has 0 bridgehead atoms. The maximum absolute atomic E-state index is 11.8. The van der Waals surface area contributed by atoms with Crippen LogP contribution in [-0.4, -0.2) is 5.91 Å². The molecule has 1 aromatic carbocycles. The molecule has 1 heterocycles. The Morgan fingerprint density at radius 1 is 1.22 bits per heavy atom. The number of amides is 1. The van der Waals surface area contributed by atoms with Gasteiger partial charge in [-0.25, -0.2) is 0 Å². The van der Waals surface area contributed by atoms with Crippen molar-refractivity contribution in [3.05, 3.63) is 29.3 Å². The lowest BCUT2D eigenvalue weighted by Crippen LogP contribution is -2.42. The van der Waals surface area contributed by atoms with Gasteiger partial charge in [-0.05, 0) is 35.4 Å². The first kappa shape index (κ1) is 11.8. The van der Waals surface area contributed by atoms with Crippen LogP contribution in [0.3, 0.4) is 0 Å². The Morgan fingerprint density at radius 3 is 2.50 bits per heavy atom. The van der Waals surface area contributed by atoms with E-state index in [0.29, 0.717) is 6.42 Å². The zero-order chi connectivity index (χ0) is 13.0. The van der Waals surface area contributed by atoms with E-state index >= 15 is 0 Å². The third-order valence-corrected chi connectivity index (χ3v) is 4.54. The Morgan fingerprint density at radius 2 is 1.94 bits per heavy atom. The molecule has 1 fully saturated rings. The predicted octanol–water partition coefficient (Wildman–Crippen LogP) is 3.75. The van der Waals surface area contributed by atoms with Crippen LogP contribution in [0.1, 0.15) is 57.6 Å². The number of benzene rings is 1. The molecule has 1 spiro atoms. The topological polar surface area (TPSA) is 29.1 Å². The third-order valence-electron chi connectivity index (χ3n) is 4.54. The number of carbonyl (C=O) groups is 1. The first-order valence-corrected chi connectivity index (χ1v) is 6.86. The smallest absolute Gasteiger partial charge is 0.225 e. The average molecular weight is 243 g/mol. The van der Waals surface area contributed by atoms with Crippen LogP contribution in [0.2, 0.25) is 0 Å². The lowest BCUT2D eigenvalue weighted by Gasteiger charge is -2.46. The largest absolute Gasteiger partial charge is 0.326 e. The number of rotatable bonds is 0. The third kappa shape index (κ3) is 1.66. The van der Waals surface area contributed by atoms with E-state index in [4.69, 9.17) is 0 Å². The van der Waals surface area contributed by atoms with E-state index in [1.165, 1.54) is 30.4 Å². The molecular formula is C16H21NO. The van der Waals surface area contributed by atoms with Crippen molar-refractivity contribution in [2.24, 2.45) is 0 Å². The first-order chi connectivity index (χ1) is 8.41. The zero-order valence-electron chi connectivity index (χ0n) is 11.5. The van der Waals surface area contributed by atoms with Crippen LogP contribution < -0.4 is 5.32 Å². The molecule has 1 amide bonds. The molecule has 2 aliphatic rings. The Labute approximate surface area is 109 Å². The van der Waals surface area contributed by atoms with Crippen LogP contribution in [0.4, 0.5) is 5.69 Å². The van der Waals surface area contributed by atoms with E-state index in [1.54, 1.807) is 0 Å². The lowest BCUT2D eigenvalue weighted by molar-refractivity contribution is -0.118. The molecule has 3 rings (SSSR count). The Bertz CT molecular complexity index is 506. The summed E-state index contributed by atoms with van der Waals surface area (Å²) in [5.74, 6) is 0.186. The van der Waals surface area contributed by atoms with Gasteiger partial charge in [-0.3, -0.25) is 4.79 Å². The number of carbonyl (C=O) groups excluding carboxylic acids is 1. The molecule has 18 heavy (non-hydrogen) atoms. The van der Waals surface area contributed by atoms with Crippen molar-refractivity contribution in [1.29, 1.82) is 0 Å². The van der Waals surface area contributed by atoms with Crippen molar-refractivity contribution in [3.8, 4) is 0 Å². The molecular weight excluding hydrogens is 222 g/mol. The summed E-state index contributed by atoms with van der Waals surface area (Å²) >= 11 is 0. The predicted molar refractivity (Wildman–Crippen MR) is 73.9 cm³/mol. The molecule has 1 aromatic rings. The van der Waals surface area contributed by atoms with E-state index in [1.807, 2.05) is 0 Å². The van der Waals surface area contributed by atoms with Gasteiger partial charge in [0, 0.05) is 17.5 Å². The van der Waals surface area contributed by atoms with Gasteiger partial charge < -0.3 is 5.32 Å². The Kier molecular flexibility index (Phi) is 2.35. The van der Waals surface area contributed by atoms with Gasteiger partial charge in [0.2, 0.25) is 5.91 Å². The van der Waals surface area contributed by atoms with Crippen molar-refractivity contribution in [2.75, 3.05) is 5.32 Å². The maximum Gasteiger partial charge on any atom is 0.225 e. The summed E-state index contributed by atoms with van der Waals surface area (Å²) in [6.45, 7) is 6.72. The number of nitrogens with one attached hydrogen (secondary N) is 1. The molecule has 1 saturated carbocycles.